The highest BCUT2D eigenvalue weighted by Gasteiger charge is 2.06. The van der Waals surface area contributed by atoms with Crippen LogP contribution in [0, 0.1) is 0 Å². The van der Waals surface area contributed by atoms with Gasteiger partial charge >= 0.3 is 0 Å². The van der Waals surface area contributed by atoms with Crippen molar-refractivity contribution in [3.63, 3.8) is 0 Å². The lowest BCUT2D eigenvalue weighted by Gasteiger charge is -2.04. The van der Waals surface area contributed by atoms with E-state index < -0.39 is 0 Å². The first-order chi connectivity index (χ1) is 11.1. The van der Waals surface area contributed by atoms with Crippen molar-refractivity contribution in [1.29, 1.82) is 0 Å². The summed E-state index contributed by atoms with van der Waals surface area (Å²) in [6.45, 7) is 4.32. The van der Waals surface area contributed by atoms with Crippen LogP contribution in [0.5, 0.6) is 0 Å². The van der Waals surface area contributed by atoms with Crippen LogP contribution in [0.2, 0.25) is 0 Å². The van der Waals surface area contributed by atoms with Crippen LogP contribution in [-0.2, 0) is 0 Å². The minimum Gasteiger partial charge on any atom is -0.287 e. The smallest absolute Gasteiger partial charge is 0.205 e. The van der Waals surface area contributed by atoms with Gasteiger partial charge in [-0.2, -0.15) is 0 Å². The zero-order chi connectivity index (χ0) is 16.2. The molecule has 0 saturated heterocycles. The molecule has 0 atom stereocenters. The van der Waals surface area contributed by atoms with Crippen LogP contribution in [0.15, 0.2) is 60.8 Å². The molecule has 3 heteroatoms. The predicted molar refractivity (Wildman–Crippen MR) is 93.4 cm³/mol. The van der Waals surface area contributed by atoms with E-state index in [-0.39, 0.29) is 5.78 Å². The molecule has 0 aliphatic heterocycles. The maximum absolute atomic E-state index is 12.2. The maximum atomic E-state index is 12.2. The molecule has 114 valence electrons. The van der Waals surface area contributed by atoms with Crippen molar-refractivity contribution < 1.29 is 4.79 Å². The van der Waals surface area contributed by atoms with E-state index in [2.05, 4.69) is 35.9 Å². The summed E-state index contributed by atoms with van der Waals surface area (Å²) >= 11 is 0. The molecular formula is C20H18N2O. The largest absolute Gasteiger partial charge is 0.287 e. The van der Waals surface area contributed by atoms with Crippen LogP contribution in [0.4, 0.5) is 0 Å². The summed E-state index contributed by atoms with van der Waals surface area (Å²) in [4.78, 5) is 20.9. The van der Waals surface area contributed by atoms with E-state index in [1.807, 2.05) is 42.5 Å². The molecule has 3 nitrogen and oxygen atoms in total. The summed E-state index contributed by atoms with van der Waals surface area (Å²) in [7, 11) is 0. The number of aromatic nitrogens is 2. The predicted octanol–water partition coefficient (Wildman–Crippen LogP) is 4.65. The molecule has 0 aliphatic carbocycles. The SMILES string of the molecule is CC(C)c1ccc(C=CC(=O)c2cnc3ccccc3n2)cc1. The summed E-state index contributed by atoms with van der Waals surface area (Å²) in [5, 5.41) is 0. The summed E-state index contributed by atoms with van der Waals surface area (Å²) in [6, 6.07) is 15.7. The highest BCUT2D eigenvalue weighted by Crippen LogP contribution is 2.15. The van der Waals surface area contributed by atoms with E-state index in [1.54, 1.807) is 6.08 Å². The Hall–Kier alpha value is -2.81. The van der Waals surface area contributed by atoms with Crippen molar-refractivity contribution in [3.05, 3.63) is 77.6 Å². The van der Waals surface area contributed by atoms with Crippen LogP contribution in [0.3, 0.4) is 0 Å². The Morgan fingerprint density at radius 1 is 1.00 bits per heavy atom. The fourth-order valence-corrected chi connectivity index (χ4v) is 2.33. The Labute approximate surface area is 135 Å². The average molecular weight is 302 g/mol. The van der Waals surface area contributed by atoms with Crippen molar-refractivity contribution in [2.24, 2.45) is 0 Å². The average Bonchev–Trinajstić information content (AvgIpc) is 2.59. The van der Waals surface area contributed by atoms with Crippen LogP contribution in [0.25, 0.3) is 17.1 Å². The van der Waals surface area contributed by atoms with E-state index in [4.69, 9.17) is 0 Å². The second kappa shape index (κ2) is 6.53. The molecule has 0 N–H and O–H groups in total. The summed E-state index contributed by atoms with van der Waals surface area (Å²) < 4.78 is 0. The number of para-hydroxylation sites is 2. The van der Waals surface area contributed by atoms with Gasteiger partial charge in [0.15, 0.2) is 0 Å². The van der Waals surface area contributed by atoms with Gasteiger partial charge in [-0.25, -0.2) is 4.98 Å². The number of rotatable bonds is 4. The number of allylic oxidation sites excluding steroid dienone is 1. The molecule has 23 heavy (non-hydrogen) atoms. The van der Waals surface area contributed by atoms with Gasteiger partial charge in [0.05, 0.1) is 17.2 Å². The first kappa shape index (κ1) is 15.1. The minimum atomic E-state index is -0.142. The van der Waals surface area contributed by atoms with Crippen LogP contribution in [-0.4, -0.2) is 15.8 Å². The lowest BCUT2D eigenvalue weighted by molar-refractivity contribution is 0.104. The van der Waals surface area contributed by atoms with Crippen molar-refractivity contribution in [2.75, 3.05) is 0 Å². The highest BCUT2D eigenvalue weighted by molar-refractivity contribution is 6.06. The Kier molecular flexibility index (Phi) is 4.29. The van der Waals surface area contributed by atoms with Gasteiger partial charge in [-0.1, -0.05) is 56.3 Å². The van der Waals surface area contributed by atoms with Crippen molar-refractivity contribution in [2.45, 2.75) is 19.8 Å². The molecule has 1 aromatic heterocycles. The van der Waals surface area contributed by atoms with E-state index in [9.17, 15) is 4.79 Å². The molecule has 3 aromatic rings. The van der Waals surface area contributed by atoms with Crippen LogP contribution >= 0.6 is 0 Å². The Morgan fingerprint density at radius 2 is 1.70 bits per heavy atom. The number of ketones is 1. The van der Waals surface area contributed by atoms with Gasteiger partial charge < -0.3 is 0 Å². The molecular weight excluding hydrogens is 284 g/mol. The lowest BCUT2D eigenvalue weighted by atomic mass is 10.0. The van der Waals surface area contributed by atoms with Crippen molar-refractivity contribution >= 4 is 22.9 Å². The second-order valence-corrected chi connectivity index (χ2v) is 5.76. The van der Waals surface area contributed by atoms with Crippen LogP contribution in [0.1, 0.15) is 41.4 Å². The molecule has 0 spiro atoms. The Balaban J connectivity index is 1.79. The second-order valence-electron chi connectivity index (χ2n) is 5.76. The number of carbonyl (C=O) groups is 1. The van der Waals surface area contributed by atoms with Gasteiger partial charge in [-0.05, 0) is 35.3 Å². The standard InChI is InChI=1S/C20H18N2O/c1-14(2)16-10-7-15(8-11-16)9-12-20(23)19-13-21-17-5-3-4-6-18(17)22-19/h3-14H,1-2H3. The Bertz CT molecular complexity index is 864. The summed E-state index contributed by atoms with van der Waals surface area (Å²) in [5.74, 6) is 0.360. The van der Waals surface area contributed by atoms with Crippen molar-refractivity contribution in [3.8, 4) is 0 Å². The van der Waals surface area contributed by atoms with Gasteiger partial charge in [0.1, 0.15) is 5.69 Å². The third kappa shape index (κ3) is 3.51. The molecule has 0 aliphatic rings. The number of carbonyl (C=O) groups excluding carboxylic acids is 1. The summed E-state index contributed by atoms with van der Waals surface area (Å²) in [6.07, 6.45) is 4.88. The van der Waals surface area contributed by atoms with Gasteiger partial charge in [0, 0.05) is 0 Å². The van der Waals surface area contributed by atoms with Gasteiger partial charge in [0.2, 0.25) is 5.78 Å². The molecule has 3 rings (SSSR count). The van der Waals surface area contributed by atoms with Gasteiger partial charge in [0.25, 0.3) is 0 Å². The number of hydrogen-bond donors (Lipinski definition) is 0. The van der Waals surface area contributed by atoms with E-state index in [0.717, 1.165) is 16.6 Å². The van der Waals surface area contributed by atoms with Gasteiger partial charge in [-0.3, -0.25) is 9.78 Å². The molecule has 0 radical (unpaired) electrons. The van der Waals surface area contributed by atoms with E-state index >= 15 is 0 Å². The Morgan fingerprint density at radius 3 is 2.39 bits per heavy atom. The number of fused-ring (bicyclic) bond motifs is 1. The maximum Gasteiger partial charge on any atom is 0.205 e. The summed E-state index contributed by atoms with van der Waals surface area (Å²) in [5.41, 5.74) is 4.16. The molecule has 1 heterocycles. The van der Waals surface area contributed by atoms with Gasteiger partial charge in [-0.15, -0.1) is 0 Å². The third-order valence-electron chi connectivity index (χ3n) is 3.73. The topological polar surface area (TPSA) is 42.9 Å². The third-order valence-corrected chi connectivity index (χ3v) is 3.73. The molecule has 0 amide bonds. The normalized spacial score (nSPS) is 11.4. The first-order valence-electron chi connectivity index (χ1n) is 7.67. The van der Waals surface area contributed by atoms with Crippen molar-refractivity contribution in [1.82, 2.24) is 9.97 Å². The zero-order valence-corrected chi connectivity index (χ0v) is 13.2. The molecule has 0 saturated carbocycles. The minimum absolute atomic E-state index is 0.142. The molecule has 0 fully saturated rings. The van der Waals surface area contributed by atoms with E-state index in [0.29, 0.717) is 11.6 Å². The lowest BCUT2D eigenvalue weighted by Crippen LogP contribution is -1.99. The number of nitrogens with zero attached hydrogens (tertiary/aromatic N) is 2. The fraction of sp³-hybridized carbons (Fsp3) is 0.150. The highest BCUT2D eigenvalue weighted by atomic mass is 16.1. The number of hydrogen-bond acceptors (Lipinski definition) is 3. The molecule has 2 aromatic carbocycles. The van der Waals surface area contributed by atoms with E-state index in [1.165, 1.54) is 11.8 Å². The first-order valence-corrected chi connectivity index (χ1v) is 7.67. The monoisotopic (exact) mass is 302 g/mol. The fourth-order valence-electron chi connectivity index (χ4n) is 2.33. The number of benzene rings is 2. The molecule has 0 unspecified atom stereocenters. The zero-order valence-electron chi connectivity index (χ0n) is 13.2. The molecule has 0 bridgehead atoms. The van der Waals surface area contributed by atoms with Crippen LogP contribution < -0.4 is 0 Å². The quantitative estimate of drug-likeness (QED) is 0.520.